The lowest BCUT2D eigenvalue weighted by Crippen LogP contribution is -2.30. The summed E-state index contributed by atoms with van der Waals surface area (Å²) in [6.45, 7) is 10.3. The van der Waals surface area contributed by atoms with Gasteiger partial charge in [-0.05, 0) is 45.1 Å². The zero-order chi connectivity index (χ0) is 15.7. The quantitative estimate of drug-likeness (QED) is 0.689. The van der Waals surface area contributed by atoms with E-state index in [0.29, 0.717) is 18.7 Å². The zero-order valence-corrected chi connectivity index (χ0v) is 13.2. The molecular formula is C16H26FN3O. The third kappa shape index (κ3) is 5.34. The second-order valence-electron chi connectivity index (χ2n) is 4.83. The number of amides is 1. The second-order valence-corrected chi connectivity index (χ2v) is 4.83. The van der Waals surface area contributed by atoms with Crippen LogP contribution in [-0.2, 0) is 0 Å². The summed E-state index contributed by atoms with van der Waals surface area (Å²) in [5, 5.41) is 5.76. The fraction of sp³-hybridized carbons (Fsp3) is 0.562. The van der Waals surface area contributed by atoms with Gasteiger partial charge in [0.2, 0.25) is 0 Å². The molecule has 1 amide bonds. The minimum Gasteiger partial charge on any atom is -0.382 e. The molecule has 5 heteroatoms. The van der Waals surface area contributed by atoms with Crippen molar-refractivity contribution in [2.24, 2.45) is 0 Å². The van der Waals surface area contributed by atoms with Gasteiger partial charge in [0.05, 0.1) is 11.3 Å². The minimum absolute atomic E-state index is 0.231. The Bertz CT molecular complexity index is 447. The van der Waals surface area contributed by atoms with Crippen molar-refractivity contribution < 1.29 is 9.18 Å². The number of nitrogens with zero attached hydrogens (tertiary/aromatic N) is 1. The van der Waals surface area contributed by atoms with E-state index in [1.165, 1.54) is 6.07 Å². The second kappa shape index (κ2) is 9.34. The number of rotatable bonds is 9. The Morgan fingerprint density at radius 2 is 1.95 bits per heavy atom. The van der Waals surface area contributed by atoms with E-state index < -0.39 is 5.82 Å². The molecular weight excluding hydrogens is 269 g/mol. The first-order chi connectivity index (χ1) is 10.1. The highest BCUT2D eigenvalue weighted by Crippen LogP contribution is 2.19. The van der Waals surface area contributed by atoms with Crippen molar-refractivity contribution in [3.63, 3.8) is 0 Å². The van der Waals surface area contributed by atoms with E-state index in [1.807, 2.05) is 6.92 Å². The van der Waals surface area contributed by atoms with E-state index in [4.69, 9.17) is 0 Å². The van der Waals surface area contributed by atoms with Crippen LogP contribution >= 0.6 is 0 Å². The Morgan fingerprint density at radius 3 is 2.57 bits per heavy atom. The van der Waals surface area contributed by atoms with Gasteiger partial charge in [0.15, 0.2) is 0 Å². The average molecular weight is 295 g/mol. The van der Waals surface area contributed by atoms with Crippen LogP contribution in [-0.4, -0.2) is 43.5 Å². The Hall–Kier alpha value is -1.62. The van der Waals surface area contributed by atoms with Crippen LogP contribution in [0.5, 0.6) is 0 Å². The van der Waals surface area contributed by atoms with Crippen LogP contribution in [0.2, 0.25) is 0 Å². The third-order valence-corrected chi connectivity index (χ3v) is 3.44. The lowest BCUT2D eigenvalue weighted by molar-refractivity contribution is 0.0952. The molecule has 0 atom stereocenters. The van der Waals surface area contributed by atoms with Gasteiger partial charge in [-0.3, -0.25) is 4.79 Å². The number of carbonyl (C=O) groups excluding carboxylic acids is 1. The van der Waals surface area contributed by atoms with E-state index >= 15 is 0 Å². The van der Waals surface area contributed by atoms with Gasteiger partial charge in [0, 0.05) is 13.1 Å². The minimum atomic E-state index is -0.396. The molecule has 0 aliphatic heterocycles. The molecule has 0 spiro atoms. The number of hydrogen-bond acceptors (Lipinski definition) is 3. The van der Waals surface area contributed by atoms with Crippen molar-refractivity contribution >= 4 is 11.6 Å². The molecule has 0 unspecified atom stereocenters. The number of benzene rings is 1. The molecule has 0 aromatic heterocycles. The maximum atomic E-state index is 13.7. The van der Waals surface area contributed by atoms with Crippen molar-refractivity contribution in [3.8, 4) is 0 Å². The first kappa shape index (κ1) is 17.4. The van der Waals surface area contributed by atoms with Crippen LogP contribution in [0.15, 0.2) is 18.2 Å². The Morgan fingerprint density at radius 1 is 1.24 bits per heavy atom. The molecule has 0 bridgehead atoms. The number of anilines is 1. The van der Waals surface area contributed by atoms with Gasteiger partial charge in [-0.2, -0.15) is 0 Å². The highest BCUT2D eigenvalue weighted by molar-refractivity contribution is 5.99. The van der Waals surface area contributed by atoms with Crippen LogP contribution in [0.4, 0.5) is 10.1 Å². The number of carbonyl (C=O) groups is 1. The normalized spacial score (nSPS) is 10.7. The monoisotopic (exact) mass is 295 g/mol. The summed E-state index contributed by atoms with van der Waals surface area (Å²) in [5.74, 6) is -0.627. The molecule has 118 valence electrons. The van der Waals surface area contributed by atoms with Crippen molar-refractivity contribution in [1.29, 1.82) is 0 Å². The van der Waals surface area contributed by atoms with Gasteiger partial charge in [-0.1, -0.05) is 19.9 Å². The fourth-order valence-electron chi connectivity index (χ4n) is 2.21. The van der Waals surface area contributed by atoms with Gasteiger partial charge in [-0.15, -0.1) is 0 Å². The molecule has 0 heterocycles. The number of nitrogens with one attached hydrogen (secondary N) is 2. The van der Waals surface area contributed by atoms with Crippen molar-refractivity contribution in [3.05, 3.63) is 29.6 Å². The average Bonchev–Trinajstić information content (AvgIpc) is 2.49. The third-order valence-electron chi connectivity index (χ3n) is 3.44. The Kier molecular flexibility index (Phi) is 7.75. The summed E-state index contributed by atoms with van der Waals surface area (Å²) in [7, 11) is 0. The highest BCUT2D eigenvalue weighted by atomic mass is 19.1. The summed E-state index contributed by atoms with van der Waals surface area (Å²) in [5.41, 5.74) is 0.640. The summed E-state index contributed by atoms with van der Waals surface area (Å²) < 4.78 is 13.7. The standard InChI is InChI=1S/C16H26FN3O/c1-4-18-15-13(9-7-10-14(15)17)16(21)19-11-8-12-20(5-2)6-3/h7,9-10,18H,4-6,8,11-12H2,1-3H3,(H,19,21). The molecule has 0 aliphatic carbocycles. The maximum absolute atomic E-state index is 13.7. The van der Waals surface area contributed by atoms with E-state index in [2.05, 4.69) is 29.4 Å². The summed E-state index contributed by atoms with van der Waals surface area (Å²) >= 11 is 0. The molecule has 0 aliphatic rings. The van der Waals surface area contributed by atoms with E-state index in [-0.39, 0.29) is 11.6 Å². The van der Waals surface area contributed by atoms with Crippen molar-refractivity contribution in [1.82, 2.24) is 10.2 Å². The van der Waals surface area contributed by atoms with E-state index in [0.717, 1.165) is 26.1 Å². The molecule has 0 saturated carbocycles. The molecule has 21 heavy (non-hydrogen) atoms. The lowest BCUT2D eigenvalue weighted by Gasteiger charge is -2.18. The topological polar surface area (TPSA) is 44.4 Å². The van der Waals surface area contributed by atoms with Crippen LogP contribution in [0, 0.1) is 5.82 Å². The van der Waals surface area contributed by atoms with Gasteiger partial charge in [-0.25, -0.2) is 4.39 Å². The number of halogens is 1. The van der Waals surface area contributed by atoms with Crippen LogP contribution in [0.1, 0.15) is 37.6 Å². The fourth-order valence-corrected chi connectivity index (χ4v) is 2.21. The van der Waals surface area contributed by atoms with Crippen molar-refractivity contribution in [2.75, 3.05) is 38.0 Å². The van der Waals surface area contributed by atoms with E-state index in [1.54, 1.807) is 12.1 Å². The molecule has 1 aromatic carbocycles. The molecule has 4 nitrogen and oxygen atoms in total. The van der Waals surface area contributed by atoms with Crippen LogP contribution < -0.4 is 10.6 Å². The predicted octanol–water partition coefficient (Wildman–Crippen LogP) is 2.72. The SMILES string of the molecule is CCNc1c(F)cccc1C(=O)NCCCN(CC)CC. The first-order valence-corrected chi connectivity index (χ1v) is 7.66. The number of para-hydroxylation sites is 1. The van der Waals surface area contributed by atoms with Crippen LogP contribution in [0.25, 0.3) is 0 Å². The van der Waals surface area contributed by atoms with Gasteiger partial charge in [0.1, 0.15) is 5.82 Å². The smallest absolute Gasteiger partial charge is 0.253 e. The van der Waals surface area contributed by atoms with Gasteiger partial charge in [0.25, 0.3) is 5.91 Å². The summed E-state index contributed by atoms with van der Waals surface area (Å²) in [4.78, 5) is 14.4. The lowest BCUT2D eigenvalue weighted by atomic mass is 10.1. The predicted molar refractivity (Wildman–Crippen MR) is 85.3 cm³/mol. The van der Waals surface area contributed by atoms with Crippen molar-refractivity contribution in [2.45, 2.75) is 27.2 Å². The van der Waals surface area contributed by atoms with E-state index in [9.17, 15) is 9.18 Å². The summed E-state index contributed by atoms with van der Waals surface area (Å²) in [6, 6.07) is 4.55. The Balaban J connectivity index is 2.54. The van der Waals surface area contributed by atoms with Gasteiger partial charge < -0.3 is 15.5 Å². The first-order valence-electron chi connectivity index (χ1n) is 7.66. The Labute approximate surface area is 126 Å². The largest absolute Gasteiger partial charge is 0.382 e. The number of hydrogen-bond donors (Lipinski definition) is 2. The highest BCUT2D eigenvalue weighted by Gasteiger charge is 2.14. The molecule has 0 radical (unpaired) electrons. The maximum Gasteiger partial charge on any atom is 0.253 e. The van der Waals surface area contributed by atoms with Gasteiger partial charge >= 0.3 is 0 Å². The molecule has 0 fully saturated rings. The van der Waals surface area contributed by atoms with Crippen LogP contribution in [0.3, 0.4) is 0 Å². The molecule has 1 rings (SSSR count). The zero-order valence-electron chi connectivity index (χ0n) is 13.2. The molecule has 1 aromatic rings. The summed E-state index contributed by atoms with van der Waals surface area (Å²) in [6.07, 6.45) is 0.888. The molecule has 0 saturated heterocycles. The molecule has 2 N–H and O–H groups in total.